The maximum absolute atomic E-state index is 12.0. The Morgan fingerprint density at radius 3 is 2.64 bits per heavy atom. The molecule has 4 aliphatic rings. The van der Waals surface area contributed by atoms with Crippen molar-refractivity contribution in [1.82, 2.24) is 0 Å². The van der Waals surface area contributed by atoms with Crippen LogP contribution < -0.4 is 0 Å². The average molecular weight is 302 g/mol. The predicted molar refractivity (Wildman–Crippen MR) is 87.3 cm³/mol. The van der Waals surface area contributed by atoms with Crippen LogP contribution in [0.25, 0.3) is 0 Å². The van der Waals surface area contributed by atoms with Crippen molar-refractivity contribution >= 4 is 5.78 Å². The highest BCUT2D eigenvalue weighted by Gasteiger charge is 2.60. The van der Waals surface area contributed by atoms with Crippen LogP contribution in [0, 0.1) is 34.5 Å². The van der Waals surface area contributed by atoms with Crippen LogP contribution in [-0.4, -0.2) is 17.0 Å². The van der Waals surface area contributed by atoms with Crippen molar-refractivity contribution in [3.8, 4) is 0 Å². The zero-order valence-corrected chi connectivity index (χ0v) is 14.3. The Bertz CT molecular complexity index is 536. The quantitative estimate of drug-likeness (QED) is 0.730. The van der Waals surface area contributed by atoms with E-state index in [2.05, 4.69) is 20.8 Å². The molecule has 2 heteroatoms. The minimum Gasteiger partial charge on any atom is -0.393 e. The summed E-state index contributed by atoms with van der Waals surface area (Å²) < 4.78 is 0. The first kappa shape index (κ1) is 14.9. The van der Waals surface area contributed by atoms with Crippen LogP contribution in [0.3, 0.4) is 0 Å². The van der Waals surface area contributed by atoms with E-state index in [1.807, 2.05) is 6.08 Å². The third kappa shape index (κ3) is 1.74. The molecule has 1 N–H and O–H groups in total. The van der Waals surface area contributed by atoms with Gasteiger partial charge in [0.05, 0.1) is 6.10 Å². The molecule has 4 aliphatic carbocycles. The molecular weight excluding hydrogens is 272 g/mol. The average Bonchev–Trinajstić information content (AvgIpc) is 2.77. The van der Waals surface area contributed by atoms with E-state index < -0.39 is 0 Å². The van der Waals surface area contributed by atoms with E-state index >= 15 is 0 Å². The molecule has 122 valence electrons. The van der Waals surface area contributed by atoms with Gasteiger partial charge in [0.25, 0.3) is 0 Å². The number of carbonyl (C=O) groups excluding carboxylic acids is 1. The molecule has 3 fully saturated rings. The van der Waals surface area contributed by atoms with Crippen LogP contribution >= 0.6 is 0 Å². The molecule has 4 rings (SSSR count). The second-order valence-electron chi connectivity index (χ2n) is 9.07. The van der Waals surface area contributed by atoms with E-state index in [0.717, 1.165) is 24.7 Å². The highest BCUT2D eigenvalue weighted by atomic mass is 16.3. The van der Waals surface area contributed by atoms with Crippen molar-refractivity contribution in [2.75, 3.05) is 0 Å². The Morgan fingerprint density at radius 1 is 1.09 bits per heavy atom. The Hall–Kier alpha value is -0.630. The van der Waals surface area contributed by atoms with Gasteiger partial charge in [0, 0.05) is 6.42 Å². The highest BCUT2D eigenvalue weighted by Crippen LogP contribution is 2.66. The van der Waals surface area contributed by atoms with Gasteiger partial charge in [0.2, 0.25) is 0 Å². The van der Waals surface area contributed by atoms with Crippen molar-refractivity contribution in [3.05, 3.63) is 11.6 Å². The molecule has 0 bridgehead atoms. The summed E-state index contributed by atoms with van der Waals surface area (Å²) >= 11 is 0. The first-order chi connectivity index (χ1) is 10.4. The van der Waals surface area contributed by atoms with E-state index in [-0.39, 0.29) is 16.9 Å². The molecule has 0 radical (unpaired) electrons. The van der Waals surface area contributed by atoms with Gasteiger partial charge in [-0.25, -0.2) is 0 Å². The number of ketones is 1. The number of hydrogen-bond donors (Lipinski definition) is 1. The van der Waals surface area contributed by atoms with Crippen molar-refractivity contribution < 1.29 is 9.90 Å². The van der Waals surface area contributed by atoms with Crippen LogP contribution in [0.5, 0.6) is 0 Å². The van der Waals surface area contributed by atoms with Gasteiger partial charge in [-0.3, -0.25) is 4.79 Å². The summed E-state index contributed by atoms with van der Waals surface area (Å²) in [6, 6.07) is 0. The Balaban J connectivity index is 1.72. The smallest absolute Gasteiger partial charge is 0.155 e. The van der Waals surface area contributed by atoms with Crippen molar-refractivity contribution in [3.63, 3.8) is 0 Å². The van der Waals surface area contributed by atoms with Gasteiger partial charge in [-0.05, 0) is 86.0 Å². The SMILES string of the molecule is CC1=CC(=O)C[C@H]2CC[C@H]3[C@@H]4CC[C@@H](O)[C@@]4(C)CC[C@@H]3[C@@]12C. The molecule has 0 saturated heterocycles. The van der Waals surface area contributed by atoms with Gasteiger partial charge >= 0.3 is 0 Å². The van der Waals surface area contributed by atoms with E-state index in [0.29, 0.717) is 17.6 Å². The standard InChI is InChI=1S/C20H30O2/c1-12-10-14(21)11-13-4-5-15-16-6-7-18(22)19(16,2)9-8-17(15)20(12,13)3/h10,13,15-18,22H,4-9,11H2,1-3H3/t13-,15+,16+,17+,18-,19+,20+/m1/s1. The van der Waals surface area contributed by atoms with Crippen LogP contribution in [-0.2, 0) is 4.79 Å². The molecule has 0 spiro atoms. The van der Waals surface area contributed by atoms with Crippen LogP contribution in [0.2, 0.25) is 0 Å². The molecule has 0 aromatic heterocycles. The topological polar surface area (TPSA) is 37.3 Å². The number of carbonyl (C=O) groups is 1. The number of allylic oxidation sites excluding steroid dienone is 2. The zero-order chi connectivity index (χ0) is 15.7. The maximum atomic E-state index is 12.0. The molecule has 0 unspecified atom stereocenters. The third-order valence-electron chi connectivity index (χ3n) is 8.53. The fraction of sp³-hybridized carbons (Fsp3) is 0.850. The molecule has 22 heavy (non-hydrogen) atoms. The van der Waals surface area contributed by atoms with E-state index in [4.69, 9.17) is 0 Å². The summed E-state index contributed by atoms with van der Waals surface area (Å²) in [6.45, 7) is 6.98. The fourth-order valence-electron chi connectivity index (χ4n) is 7.03. The molecule has 0 aromatic carbocycles. The van der Waals surface area contributed by atoms with Gasteiger partial charge < -0.3 is 5.11 Å². The minimum atomic E-state index is -0.0893. The van der Waals surface area contributed by atoms with Crippen LogP contribution in [0.1, 0.15) is 65.7 Å². The lowest BCUT2D eigenvalue weighted by molar-refractivity contribution is -0.125. The molecule has 3 saturated carbocycles. The van der Waals surface area contributed by atoms with Crippen LogP contribution in [0.15, 0.2) is 11.6 Å². The minimum absolute atomic E-state index is 0.0893. The lowest BCUT2D eigenvalue weighted by atomic mass is 9.45. The second-order valence-corrected chi connectivity index (χ2v) is 9.07. The Labute approximate surface area is 134 Å². The lowest BCUT2D eigenvalue weighted by Crippen LogP contribution is -2.54. The lowest BCUT2D eigenvalue weighted by Gasteiger charge is -2.60. The molecular formula is C20H30O2. The van der Waals surface area contributed by atoms with Gasteiger partial charge in [-0.1, -0.05) is 19.4 Å². The normalized spacial score (nSPS) is 54.3. The Kier molecular flexibility index (Phi) is 3.18. The summed E-state index contributed by atoms with van der Waals surface area (Å²) in [7, 11) is 0. The molecule has 0 amide bonds. The Morgan fingerprint density at radius 2 is 1.86 bits per heavy atom. The highest BCUT2D eigenvalue weighted by molar-refractivity contribution is 5.91. The summed E-state index contributed by atoms with van der Waals surface area (Å²) in [5.74, 6) is 3.08. The van der Waals surface area contributed by atoms with Gasteiger partial charge in [-0.2, -0.15) is 0 Å². The molecule has 0 aliphatic heterocycles. The van der Waals surface area contributed by atoms with Crippen molar-refractivity contribution in [1.29, 1.82) is 0 Å². The third-order valence-corrected chi connectivity index (χ3v) is 8.53. The monoisotopic (exact) mass is 302 g/mol. The predicted octanol–water partition coefficient (Wildman–Crippen LogP) is 4.13. The van der Waals surface area contributed by atoms with Gasteiger partial charge in [0.1, 0.15) is 0 Å². The number of aliphatic hydroxyl groups is 1. The summed E-state index contributed by atoms with van der Waals surface area (Å²) in [6.07, 6.45) is 9.71. The second kappa shape index (κ2) is 4.69. The first-order valence-electron chi connectivity index (χ1n) is 9.27. The van der Waals surface area contributed by atoms with E-state index in [9.17, 15) is 9.90 Å². The van der Waals surface area contributed by atoms with Crippen LogP contribution in [0.4, 0.5) is 0 Å². The zero-order valence-electron chi connectivity index (χ0n) is 14.3. The molecule has 0 heterocycles. The fourth-order valence-corrected chi connectivity index (χ4v) is 7.03. The largest absolute Gasteiger partial charge is 0.393 e. The summed E-state index contributed by atoms with van der Waals surface area (Å²) in [5.41, 5.74) is 1.73. The maximum Gasteiger partial charge on any atom is 0.155 e. The number of fused-ring (bicyclic) bond motifs is 5. The van der Waals surface area contributed by atoms with Crippen molar-refractivity contribution in [2.24, 2.45) is 34.5 Å². The summed E-state index contributed by atoms with van der Waals surface area (Å²) in [4.78, 5) is 12.0. The number of hydrogen-bond acceptors (Lipinski definition) is 2. The van der Waals surface area contributed by atoms with Gasteiger partial charge in [-0.15, -0.1) is 0 Å². The molecule has 2 nitrogen and oxygen atoms in total. The molecule has 0 aromatic rings. The molecule has 7 atom stereocenters. The number of aliphatic hydroxyl groups excluding tert-OH is 1. The van der Waals surface area contributed by atoms with Crippen molar-refractivity contribution in [2.45, 2.75) is 71.8 Å². The van der Waals surface area contributed by atoms with Gasteiger partial charge in [0.15, 0.2) is 5.78 Å². The summed E-state index contributed by atoms with van der Waals surface area (Å²) in [5, 5.41) is 10.5. The van der Waals surface area contributed by atoms with E-state index in [1.165, 1.54) is 37.7 Å². The number of rotatable bonds is 0. The first-order valence-corrected chi connectivity index (χ1v) is 9.27. The van der Waals surface area contributed by atoms with E-state index in [1.54, 1.807) is 0 Å².